The summed E-state index contributed by atoms with van der Waals surface area (Å²) in [5.41, 5.74) is -5.01. The zero-order chi connectivity index (χ0) is 10.3. The van der Waals surface area contributed by atoms with Gasteiger partial charge in [-0.3, -0.25) is 0 Å². The number of hydrogen-bond donors (Lipinski definition) is 2. The molecular weight excluding hydrogens is 187 g/mol. The molecule has 0 spiro atoms. The molecule has 1 saturated heterocycles. The summed E-state index contributed by atoms with van der Waals surface area (Å²) in [6.45, 7) is 0.0441. The van der Waals surface area contributed by atoms with Crippen molar-refractivity contribution in [2.45, 2.75) is 19.0 Å². The molecule has 0 saturated carbocycles. The van der Waals surface area contributed by atoms with Crippen molar-refractivity contribution in [3.8, 4) is 0 Å². The molecule has 1 rings (SSSR count). The van der Waals surface area contributed by atoms with Gasteiger partial charge in [0.25, 0.3) is 0 Å². The third-order valence-electron chi connectivity index (χ3n) is 2.59. The van der Waals surface area contributed by atoms with Crippen molar-refractivity contribution in [2.75, 3.05) is 13.1 Å². The van der Waals surface area contributed by atoms with Crippen LogP contribution in [0.15, 0.2) is 0 Å². The Morgan fingerprint density at radius 2 is 2.08 bits per heavy atom. The Morgan fingerprint density at radius 3 is 2.38 bits per heavy atom. The van der Waals surface area contributed by atoms with Gasteiger partial charge < -0.3 is 10.4 Å². The van der Waals surface area contributed by atoms with Gasteiger partial charge in [-0.1, -0.05) is 0 Å². The SMILES string of the molecule is CC1(C(F)F)CNCC1(F)C(=O)O. The van der Waals surface area contributed by atoms with Crippen LogP contribution in [-0.2, 0) is 4.79 Å². The minimum atomic E-state index is -3.00. The number of rotatable bonds is 2. The molecule has 1 fully saturated rings. The predicted octanol–water partition coefficient (Wildman–Crippen LogP) is 0.654. The summed E-state index contributed by atoms with van der Waals surface area (Å²) < 4.78 is 38.5. The Hall–Kier alpha value is -0.780. The molecule has 0 amide bonds. The van der Waals surface area contributed by atoms with E-state index in [1.807, 2.05) is 0 Å². The lowest BCUT2D eigenvalue weighted by Gasteiger charge is -2.31. The van der Waals surface area contributed by atoms with Crippen LogP contribution in [0.1, 0.15) is 6.92 Å². The average Bonchev–Trinajstić information content (AvgIpc) is 2.31. The summed E-state index contributed by atoms with van der Waals surface area (Å²) >= 11 is 0. The van der Waals surface area contributed by atoms with E-state index in [2.05, 4.69) is 5.32 Å². The van der Waals surface area contributed by atoms with Crippen LogP contribution in [0.2, 0.25) is 0 Å². The van der Waals surface area contributed by atoms with Crippen LogP contribution >= 0.6 is 0 Å². The maximum Gasteiger partial charge on any atom is 0.343 e. The molecule has 1 aliphatic heterocycles. The predicted molar refractivity (Wildman–Crippen MR) is 38.5 cm³/mol. The Morgan fingerprint density at radius 1 is 1.54 bits per heavy atom. The average molecular weight is 197 g/mol. The van der Waals surface area contributed by atoms with Gasteiger partial charge in [0.2, 0.25) is 12.1 Å². The number of carbonyl (C=O) groups is 1. The van der Waals surface area contributed by atoms with Crippen LogP contribution in [0.4, 0.5) is 13.2 Å². The standard InChI is InChI=1S/C7H10F3NO2/c1-6(4(8)9)2-11-3-7(6,10)5(12)13/h4,11H,2-3H2,1H3,(H,12,13). The second-order valence-corrected chi connectivity index (χ2v) is 3.43. The van der Waals surface area contributed by atoms with Crippen LogP contribution in [0.5, 0.6) is 0 Å². The van der Waals surface area contributed by atoms with Crippen molar-refractivity contribution in [2.24, 2.45) is 5.41 Å². The number of carboxylic acids is 1. The summed E-state index contributed by atoms with van der Waals surface area (Å²) in [7, 11) is 0. The van der Waals surface area contributed by atoms with Crippen molar-refractivity contribution in [3.63, 3.8) is 0 Å². The van der Waals surface area contributed by atoms with E-state index in [-0.39, 0.29) is 6.54 Å². The Bertz CT molecular complexity index is 236. The van der Waals surface area contributed by atoms with Crippen LogP contribution < -0.4 is 5.32 Å². The Balaban J connectivity index is 3.04. The first-order valence-electron chi connectivity index (χ1n) is 3.76. The van der Waals surface area contributed by atoms with Gasteiger partial charge in [0.1, 0.15) is 0 Å². The molecule has 13 heavy (non-hydrogen) atoms. The van der Waals surface area contributed by atoms with Gasteiger partial charge in [0, 0.05) is 13.1 Å². The number of nitrogens with one attached hydrogen (secondary N) is 1. The minimum Gasteiger partial charge on any atom is -0.479 e. The second kappa shape index (κ2) is 2.87. The van der Waals surface area contributed by atoms with Crippen LogP contribution in [-0.4, -0.2) is 36.3 Å². The topological polar surface area (TPSA) is 49.3 Å². The zero-order valence-electron chi connectivity index (χ0n) is 6.98. The number of carboxylic acid groups (broad SMARTS) is 1. The summed E-state index contributed by atoms with van der Waals surface area (Å²) in [5, 5.41) is 10.8. The fraction of sp³-hybridized carbons (Fsp3) is 0.857. The second-order valence-electron chi connectivity index (χ2n) is 3.43. The molecule has 6 heteroatoms. The highest BCUT2D eigenvalue weighted by molar-refractivity contribution is 5.79. The molecule has 3 nitrogen and oxygen atoms in total. The third kappa shape index (κ3) is 1.20. The minimum absolute atomic E-state index is 0.326. The van der Waals surface area contributed by atoms with Gasteiger partial charge in [-0.15, -0.1) is 0 Å². The number of aliphatic carboxylic acids is 1. The maximum absolute atomic E-state index is 13.6. The summed E-state index contributed by atoms with van der Waals surface area (Å²) in [6, 6.07) is 0. The van der Waals surface area contributed by atoms with Crippen LogP contribution in [0, 0.1) is 5.41 Å². The first-order valence-corrected chi connectivity index (χ1v) is 3.76. The largest absolute Gasteiger partial charge is 0.479 e. The fourth-order valence-electron chi connectivity index (χ4n) is 1.41. The fourth-order valence-corrected chi connectivity index (χ4v) is 1.41. The molecule has 2 unspecified atom stereocenters. The first-order chi connectivity index (χ1) is 5.84. The van der Waals surface area contributed by atoms with E-state index in [0.29, 0.717) is 0 Å². The molecule has 76 valence electrons. The van der Waals surface area contributed by atoms with Gasteiger partial charge in [0.05, 0.1) is 5.41 Å². The maximum atomic E-state index is 13.6. The van der Waals surface area contributed by atoms with Gasteiger partial charge in [-0.25, -0.2) is 18.0 Å². The third-order valence-corrected chi connectivity index (χ3v) is 2.59. The van der Waals surface area contributed by atoms with E-state index in [1.54, 1.807) is 0 Å². The zero-order valence-corrected chi connectivity index (χ0v) is 6.98. The number of hydrogen-bond acceptors (Lipinski definition) is 2. The van der Waals surface area contributed by atoms with Crippen molar-refractivity contribution >= 4 is 5.97 Å². The molecule has 0 radical (unpaired) electrons. The van der Waals surface area contributed by atoms with Crippen LogP contribution in [0.25, 0.3) is 0 Å². The van der Waals surface area contributed by atoms with E-state index < -0.39 is 30.0 Å². The Kier molecular flexibility index (Phi) is 2.27. The number of alkyl halides is 3. The molecule has 0 bridgehead atoms. The molecular formula is C7H10F3NO2. The summed E-state index contributed by atoms with van der Waals surface area (Å²) in [5.74, 6) is -1.83. The van der Waals surface area contributed by atoms with Crippen molar-refractivity contribution in [3.05, 3.63) is 0 Å². The lowest BCUT2D eigenvalue weighted by Crippen LogP contribution is -2.52. The molecule has 0 aliphatic carbocycles. The van der Waals surface area contributed by atoms with Gasteiger partial charge in [-0.05, 0) is 6.92 Å². The highest BCUT2D eigenvalue weighted by atomic mass is 19.3. The molecule has 1 heterocycles. The van der Waals surface area contributed by atoms with Crippen molar-refractivity contribution < 1.29 is 23.1 Å². The highest BCUT2D eigenvalue weighted by Gasteiger charge is 2.63. The van der Waals surface area contributed by atoms with Gasteiger partial charge in [-0.2, -0.15) is 0 Å². The molecule has 2 N–H and O–H groups in total. The summed E-state index contributed by atoms with van der Waals surface area (Å²) in [6.07, 6.45) is -3.00. The lowest BCUT2D eigenvalue weighted by atomic mass is 9.78. The normalized spacial score (nSPS) is 39.8. The van der Waals surface area contributed by atoms with Crippen molar-refractivity contribution in [1.82, 2.24) is 5.32 Å². The molecule has 0 aromatic rings. The van der Waals surface area contributed by atoms with E-state index in [4.69, 9.17) is 5.11 Å². The van der Waals surface area contributed by atoms with Crippen molar-refractivity contribution in [1.29, 1.82) is 0 Å². The lowest BCUT2D eigenvalue weighted by molar-refractivity contribution is -0.165. The smallest absolute Gasteiger partial charge is 0.343 e. The van der Waals surface area contributed by atoms with E-state index in [9.17, 15) is 18.0 Å². The van der Waals surface area contributed by atoms with E-state index >= 15 is 0 Å². The van der Waals surface area contributed by atoms with Gasteiger partial charge in [0.15, 0.2) is 0 Å². The van der Waals surface area contributed by atoms with E-state index in [0.717, 1.165) is 6.92 Å². The summed E-state index contributed by atoms with van der Waals surface area (Å²) in [4.78, 5) is 10.5. The molecule has 0 aromatic carbocycles. The Labute approximate surface area is 72.9 Å². The molecule has 1 aliphatic rings. The van der Waals surface area contributed by atoms with E-state index in [1.165, 1.54) is 0 Å². The quantitative estimate of drug-likeness (QED) is 0.683. The highest BCUT2D eigenvalue weighted by Crippen LogP contribution is 2.43. The molecule has 0 aromatic heterocycles. The number of halogens is 3. The first kappa shape index (κ1) is 10.3. The monoisotopic (exact) mass is 197 g/mol. The molecule has 2 atom stereocenters. The van der Waals surface area contributed by atoms with Crippen LogP contribution in [0.3, 0.4) is 0 Å². The van der Waals surface area contributed by atoms with Gasteiger partial charge >= 0.3 is 5.97 Å².